The summed E-state index contributed by atoms with van der Waals surface area (Å²) in [7, 11) is 0. The van der Waals surface area contributed by atoms with Crippen molar-refractivity contribution in [3.8, 4) is 0 Å². The van der Waals surface area contributed by atoms with Crippen molar-refractivity contribution in [1.82, 2.24) is 24.8 Å². The van der Waals surface area contributed by atoms with Crippen molar-refractivity contribution < 1.29 is 4.79 Å². The van der Waals surface area contributed by atoms with Crippen molar-refractivity contribution in [2.45, 2.75) is 19.1 Å². The fourth-order valence-electron chi connectivity index (χ4n) is 4.08. The van der Waals surface area contributed by atoms with E-state index in [1.165, 1.54) is 11.2 Å². The summed E-state index contributed by atoms with van der Waals surface area (Å²) < 4.78 is 1.13. The van der Waals surface area contributed by atoms with E-state index in [0.717, 1.165) is 52.6 Å². The highest BCUT2D eigenvalue weighted by atomic mass is 35.5. The normalized spacial score (nSPS) is 18.0. The monoisotopic (exact) mass is 452 g/mol. The molecule has 31 heavy (non-hydrogen) atoms. The second-order valence-electron chi connectivity index (χ2n) is 7.75. The first kappa shape index (κ1) is 20.3. The van der Waals surface area contributed by atoms with E-state index in [2.05, 4.69) is 30.8 Å². The number of hydrogen-bond acceptors (Lipinski definition) is 8. The van der Waals surface area contributed by atoms with Crippen molar-refractivity contribution in [3.05, 3.63) is 58.3 Å². The lowest BCUT2D eigenvalue weighted by atomic mass is 10.1. The van der Waals surface area contributed by atoms with Gasteiger partial charge in [-0.1, -0.05) is 17.7 Å². The third kappa shape index (κ3) is 4.24. The third-order valence-corrected chi connectivity index (χ3v) is 6.95. The SMILES string of the molecule is Nc1ncnc2cc(CN3CCN(Cc4cc5nc(Cl)ccc5s4)CC3C=O)ccc12. The summed E-state index contributed by atoms with van der Waals surface area (Å²) >= 11 is 7.73. The molecule has 0 amide bonds. The molecule has 0 radical (unpaired) electrons. The highest BCUT2D eigenvalue weighted by Crippen LogP contribution is 2.27. The van der Waals surface area contributed by atoms with Gasteiger partial charge in [0, 0.05) is 43.0 Å². The van der Waals surface area contributed by atoms with E-state index in [-0.39, 0.29) is 6.04 Å². The van der Waals surface area contributed by atoms with Gasteiger partial charge in [0.15, 0.2) is 0 Å². The van der Waals surface area contributed by atoms with Gasteiger partial charge in [0.25, 0.3) is 0 Å². The number of aldehydes is 1. The fraction of sp³-hybridized carbons (Fsp3) is 0.273. The van der Waals surface area contributed by atoms with Gasteiger partial charge in [0.05, 0.1) is 21.8 Å². The number of benzene rings is 1. The van der Waals surface area contributed by atoms with Crippen LogP contribution in [0, 0.1) is 0 Å². The molecule has 0 spiro atoms. The Morgan fingerprint density at radius 3 is 2.90 bits per heavy atom. The van der Waals surface area contributed by atoms with Crippen molar-refractivity contribution >= 4 is 56.2 Å². The van der Waals surface area contributed by atoms with Gasteiger partial charge in [-0.15, -0.1) is 11.3 Å². The van der Waals surface area contributed by atoms with Gasteiger partial charge in [0.2, 0.25) is 0 Å². The zero-order chi connectivity index (χ0) is 21.4. The van der Waals surface area contributed by atoms with Crippen molar-refractivity contribution in [2.75, 3.05) is 25.4 Å². The second-order valence-corrected chi connectivity index (χ2v) is 9.31. The van der Waals surface area contributed by atoms with Crippen molar-refractivity contribution in [3.63, 3.8) is 0 Å². The summed E-state index contributed by atoms with van der Waals surface area (Å²) in [6.07, 6.45) is 2.53. The minimum atomic E-state index is -0.151. The maximum absolute atomic E-state index is 11.9. The van der Waals surface area contributed by atoms with Crippen LogP contribution in [0.3, 0.4) is 0 Å². The molecule has 1 saturated heterocycles. The first-order chi connectivity index (χ1) is 15.1. The summed E-state index contributed by atoms with van der Waals surface area (Å²) in [4.78, 5) is 30.4. The number of fused-ring (bicyclic) bond motifs is 2. The molecule has 7 nitrogen and oxygen atoms in total. The van der Waals surface area contributed by atoms with Gasteiger partial charge < -0.3 is 10.5 Å². The lowest BCUT2D eigenvalue weighted by molar-refractivity contribution is -0.115. The van der Waals surface area contributed by atoms with E-state index in [4.69, 9.17) is 17.3 Å². The molecular formula is C22H21ClN6OS. The number of pyridine rings is 1. The number of rotatable bonds is 5. The lowest BCUT2D eigenvalue weighted by Gasteiger charge is -2.38. The molecule has 0 aliphatic carbocycles. The number of nitrogen functional groups attached to an aromatic ring is 1. The first-order valence-electron chi connectivity index (χ1n) is 10.0. The zero-order valence-corrected chi connectivity index (χ0v) is 18.3. The molecule has 1 fully saturated rings. The molecule has 1 aliphatic rings. The number of aromatic nitrogens is 3. The first-order valence-corrected chi connectivity index (χ1v) is 11.2. The molecule has 9 heteroatoms. The predicted molar refractivity (Wildman–Crippen MR) is 124 cm³/mol. The van der Waals surface area contributed by atoms with Gasteiger partial charge in [-0.3, -0.25) is 9.80 Å². The number of hydrogen-bond donors (Lipinski definition) is 1. The average Bonchev–Trinajstić information content (AvgIpc) is 3.16. The van der Waals surface area contributed by atoms with Crippen molar-refractivity contribution in [1.29, 1.82) is 0 Å². The van der Waals surface area contributed by atoms with Crippen molar-refractivity contribution in [2.24, 2.45) is 0 Å². The van der Waals surface area contributed by atoms with Crippen LogP contribution in [-0.2, 0) is 17.9 Å². The van der Waals surface area contributed by atoms with E-state index in [9.17, 15) is 4.79 Å². The molecule has 1 unspecified atom stereocenters. The number of anilines is 1. The molecule has 0 bridgehead atoms. The molecule has 1 atom stereocenters. The number of nitrogens with zero attached hydrogens (tertiary/aromatic N) is 5. The zero-order valence-electron chi connectivity index (χ0n) is 16.7. The van der Waals surface area contributed by atoms with Gasteiger partial charge in [-0.2, -0.15) is 0 Å². The van der Waals surface area contributed by atoms with Crippen LogP contribution in [0.15, 0.2) is 42.7 Å². The predicted octanol–water partition coefficient (Wildman–Crippen LogP) is 3.36. The van der Waals surface area contributed by atoms with E-state index in [1.54, 1.807) is 11.3 Å². The molecule has 5 rings (SSSR count). The smallest absolute Gasteiger partial charge is 0.138 e. The van der Waals surface area contributed by atoms with Gasteiger partial charge in [0.1, 0.15) is 23.6 Å². The summed E-state index contributed by atoms with van der Waals surface area (Å²) in [5.74, 6) is 0.481. The largest absolute Gasteiger partial charge is 0.383 e. The maximum Gasteiger partial charge on any atom is 0.138 e. The Labute approximate surface area is 188 Å². The van der Waals surface area contributed by atoms with Crippen LogP contribution < -0.4 is 5.73 Å². The van der Waals surface area contributed by atoms with Crippen LogP contribution >= 0.6 is 22.9 Å². The summed E-state index contributed by atoms with van der Waals surface area (Å²) in [5.41, 5.74) is 8.78. The number of piperazine rings is 1. The molecule has 0 saturated carbocycles. The number of thiophene rings is 1. The van der Waals surface area contributed by atoms with Gasteiger partial charge >= 0.3 is 0 Å². The van der Waals surface area contributed by atoms with Crippen LogP contribution in [0.1, 0.15) is 10.4 Å². The number of carbonyl (C=O) groups is 1. The van der Waals surface area contributed by atoms with E-state index >= 15 is 0 Å². The Bertz CT molecular complexity index is 1260. The highest BCUT2D eigenvalue weighted by molar-refractivity contribution is 7.19. The Kier molecular flexibility index (Phi) is 5.54. The summed E-state index contributed by atoms with van der Waals surface area (Å²) in [5, 5.41) is 1.36. The second kappa shape index (κ2) is 8.47. The van der Waals surface area contributed by atoms with E-state index < -0.39 is 0 Å². The molecule has 1 aromatic carbocycles. The molecule has 158 valence electrons. The fourth-order valence-corrected chi connectivity index (χ4v) is 5.28. The number of carbonyl (C=O) groups excluding carboxylic acids is 1. The quantitative estimate of drug-likeness (QED) is 0.367. The van der Waals surface area contributed by atoms with E-state index in [0.29, 0.717) is 24.1 Å². The van der Waals surface area contributed by atoms with Crippen LogP contribution in [0.25, 0.3) is 21.1 Å². The maximum atomic E-state index is 11.9. The highest BCUT2D eigenvalue weighted by Gasteiger charge is 2.27. The summed E-state index contributed by atoms with van der Waals surface area (Å²) in [6.45, 7) is 3.93. The summed E-state index contributed by atoms with van der Waals surface area (Å²) in [6, 6.07) is 11.8. The molecule has 2 N–H and O–H groups in total. The van der Waals surface area contributed by atoms with Crippen LogP contribution in [0.4, 0.5) is 5.82 Å². The Hall–Kier alpha value is -2.65. The topological polar surface area (TPSA) is 88.2 Å². The molecule has 4 heterocycles. The molecular weight excluding hydrogens is 432 g/mol. The minimum absolute atomic E-state index is 0.151. The Morgan fingerprint density at radius 2 is 2.03 bits per heavy atom. The van der Waals surface area contributed by atoms with Gasteiger partial charge in [-0.25, -0.2) is 15.0 Å². The standard InChI is InChI=1S/C22H21ClN6OS/c23-21-4-3-20-19(27-21)8-16(31-20)11-28-5-6-29(15(10-28)12-30)9-14-1-2-17-18(7-14)25-13-26-22(17)24/h1-4,7-8,12-13,15H,5-6,9-11H2,(H2,24,25,26). The van der Waals surface area contributed by atoms with Crippen LogP contribution in [-0.4, -0.2) is 56.7 Å². The lowest BCUT2D eigenvalue weighted by Crippen LogP contribution is -2.52. The van der Waals surface area contributed by atoms with Gasteiger partial charge in [-0.05, 0) is 35.9 Å². The Morgan fingerprint density at radius 1 is 1.13 bits per heavy atom. The number of halogens is 1. The molecule has 1 aliphatic heterocycles. The van der Waals surface area contributed by atoms with Crippen LogP contribution in [0.2, 0.25) is 5.15 Å². The molecule has 3 aromatic heterocycles. The average molecular weight is 453 g/mol. The molecule has 4 aromatic rings. The number of nitrogens with two attached hydrogens (primary N) is 1. The Balaban J connectivity index is 1.27. The van der Waals surface area contributed by atoms with Crippen LogP contribution in [0.5, 0.6) is 0 Å². The third-order valence-electron chi connectivity index (χ3n) is 5.66. The minimum Gasteiger partial charge on any atom is -0.383 e. The van der Waals surface area contributed by atoms with E-state index in [1.807, 2.05) is 30.3 Å².